The van der Waals surface area contributed by atoms with E-state index in [-0.39, 0.29) is 30.6 Å². The van der Waals surface area contributed by atoms with Gasteiger partial charge in [0.15, 0.2) is 11.6 Å². The van der Waals surface area contributed by atoms with E-state index in [2.05, 4.69) is 5.10 Å². The van der Waals surface area contributed by atoms with Gasteiger partial charge in [-0.3, -0.25) is 4.79 Å². The van der Waals surface area contributed by atoms with Gasteiger partial charge in [-0.2, -0.15) is 4.68 Å². The van der Waals surface area contributed by atoms with Crippen LogP contribution in [0.3, 0.4) is 0 Å². The number of rotatable bonds is 7. The minimum atomic E-state index is -0.802. The third-order valence-corrected chi connectivity index (χ3v) is 4.31. The number of likely N-dealkylation sites (N-methyl/N-ethyl adjacent to an activating group) is 1. The molecule has 152 valence electrons. The largest absolute Gasteiger partial charge is 0.494 e. The van der Waals surface area contributed by atoms with Gasteiger partial charge in [-0.1, -0.05) is 6.07 Å². The predicted molar refractivity (Wildman–Crippen MR) is 100 cm³/mol. The number of hydrogen-bond acceptors (Lipinski definition) is 5. The van der Waals surface area contributed by atoms with Crippen molar-refractivity contribution in [2.24, 2.45) is 0 Å². The molecule has 1 amide bonds. The van der Waals surface area contributed by atoms with Crippen molar-refractivity contribution < 1.29 is 22.7 Å². The van der Waals surface area contributed by atoms with Gasteiger partial charge in [0.25, 0.3) is 0 Å². The molecule has 0 aliphatic carbocycles. The molecule has 0 fully saturated rings. The maximum absolute atomic E-state index is 13.9. The zero-order valence-corrected chi connectivity index (χ0v) is 15.9. The van der Waals surface area contributed by atoms with Crippen LogP contribution in [0.15, 0.2) is 51.7 Å². The van der Waals surface area contributed by atoms with Crippen LogP contribution in [-0.2, 0) is 17.9 Å². The summed E-state index contributed by atoms with van der Waals surface area (Å²) in [7, 11) is 1.37. The molecule has 9 heteroatoms. The topological polar surface area (TPSA) is 77.6 Å². The summed E-state index contributed by atoms with van der Waals surface area (Å²) in [6, 6.07) is 9.71. The van der Waals surface area contributed by atoms with Crippen molar-refractivity contribution in [3.05, 3.63) is 70.2 Å². The highest BCUT2D eigenvalue weighted by Gasteiger charge is 2.18. The lowest BCUT2D eigenvalue weighted by molar-refractivity contribution is -0.132. The van der Waals surface area contributed by atoms with E-state index in [1.807, 2.05) is 0 Å². The number of carbonyl (C=O) groups excluding carboxylic acids is 1. The number of carbonyl (C=O) groups is 1. The molecule has 3 aromatic rings. The second kappa shape index (κ2) is 8.68. The molecule has 0 aliphatic heterocycles. The molecule has 0 saturated heterocycles. The lowest BCUT2D eigenvalue weighted by Gasteiger charge is -2.21. The van der Waals surface area contributed by atoms with Crippen molar-refractivity contribution in [3.8, 4) is 17.2 Å². The molecule has 1 aromatic heterocycles. The van der Waals surface area contributed by atoms with Gasteiger partial charge in [0.2, 0.25) is 11.8 Å². The molecule has 7 nitrogen and oxygen atoms in total. The van der Waals surface area contributed by atoms with E-state index in [9.17, 15) is 18.4 Å². The summed E-state index contributed by atoms with van der Waals surface area (Å²) in [6.07, 6.45) is 0. The predicted octanol–water partition coefficient (Wildman–Crippen LogP) is 2.84. The van der Waals surface area contributed by atoms with Crippen LogP contribution in [0, 0.1) is 11.6 Å². The quantitative estimate of drug-likeness (QED) is 0.606. The van der Waals surface area contributed by atoms with Crippen molar-refractivity contribution >= 4 is 5.91 Å². The number of ether oxygens (including phenoxy) is 1. The Morgan fingerprint density at radius 3 is 2.55 bits per heavy atom. The first kappa shape index (κ1) is 20.2. The number of amides is 1. The number of aromatic nitrogens is 2. The normalized spacial score (nSPS) is 10.8. The van der Waals surface area contributed by atoms with Gasteiger partial charge in [0, 0.05) is 18.7 Å². The third-order valence-electron chi connectivity index (χ3n) is 4.31. The number of halogens is 2. The summed E-state index contributed by atoms with van der Waals surface area (Å²) >= 11 is 0. The van der Waals surface area contributed by atoms with Crippen LogP contribution in [0.25, 0.3) is 11.5 Å². The van der Waals surface area contributed by atoms with Crippen LogP contribution in [0.2, 0.25) is 0 Å². The molecule has 0 radical (unpaired) electrons. The molecular formula is C20H19F2N3O4. The molecule has 29 heavy (non-hydrogen) atoms. The first-order chi connectivity index (χ1) is 13.9. The second-order valence-corrected chi connectivity index (χ2v) is 6.21. The second-order valence-electron chi connectivity index (χ2n) is 6.21. The molecule has 2 aromatic carbocycles. The van der Waals surface area contributed by atoms with E-state index in [1.54, 1.807) is 13.0 Å². The van der Waals surface area contributed by atoms with Gasteiger partial charge < -0.3 is 14.1 Å². The van der Waals surface area contributed by atoms with Crippen LogP contribution >= 0.6 is 0 Å². The number of nitrogens with zero attached hydrogens (tertiary/aromatic N) is 3. The van der Waals surface area contributed by atoms with Gasteiger partial charge >= 0.3 is 5.76 Å². The first-order valence-electron chi connectivity index (χ1n) is 8.85. The first-order valence-corrected chi connectivity index (χ1v) is 8.85. The molecule has 0 N–H and O–H groups in total. The Bertz CT molecular complexity index is 1060. The molecular weight excluding hydrogens is 384 g/mol. The lowest BCUT2D eigenvalue weighted by Crippen LogP contribution is -2.35. The molecule has 0 atom stereocenters. The summed E-state index contributed by atoms with van der Waals surface area (Å²) in [5.74, 6) is -2.04. The SMILES string of the molecule is CCN(Cc1ccc(OC)c(F)c1)C(=O)Cn1nc(-c2ccc(F)cc2)oc1=O. The molecule has 0 aliphatic rings. The van der Waals surface area contributed by atoms with E-state index < -0.39 is 17.4 Å². The fraction of sp³-hybridized carbons (Fsp3) is 0.250. The maximum atomic E-state index is 13.9. The molecule has 3 rings (SSSR count). The summed E-state index contributed by atoms with van der Waals surface area (Å²) in [4.78, 5) is 26.1. The van der Waals surface area contributed by atoms with Crippen LogP contribution in [-0.4, -0.2) is 34.2 Å². The average Bonchev–Trinajstić information content (AvgIpc) is 3.07. The molecule has 0 spiro atoms. The van der Waals surface area contributed by atoms with E-state index >= 15 is 0 Å². The van der Waals surface area contributed by atoms with E-state index in [0.29, 0.717) is 17.7 Å². The minimum absolute atomic E-state index is 0.0110. The Labute approximate surface area is 165 Å². The van der Waals surface area contributed by atoms with Crippen LogP contribution in [0.4, 0.5) is 8.78 Å². The van der Waals surface area contributed by atoms with Crippen molar-refractivity contribution in [1.29, 1.82) is 0 Å². The Kier molecular flexibility index (Phi) is 6.06. The van der Waals surface area contributed by atoms with Crippen molar-refractivity contribution in [1.82, 2.24) is 14.7 Å². The Balaban J connectivity index is 1.73. The highest BCUT2D eigenvalue weighted by Crippen LogP contribution is 2.19. The highest BCUT2D eigenvalue weighted by molar-refractivity contribution is 5.75. The Hall–Kier alpha value is -3.49. The van der Waals surface area contributed by atoms with Crippen molar-refractivity contribution in [2.75, 3.05) is 13.7 Å². The summed E-state index contributed by atoms with van der Waals surface area (Å²) in [5.41, 5.74) is 0.994. The standard InChI is InChI=1S/C20H19F2N3O4/c1-3-24(11-13-4-9-17(28-2)16(22)10-13)18(26)12-25-20(27)29-19(23-25)14-5-7-15(21)8-6-14/h4-10H,3,11-12H2,1-2H3. The summed E-state index contributed by atoms with van der Waals surface area (Å²) in [6.45, 7) is 1.95. The molecule has 0 saturated carbocycles. The van der Waals surface area contributed by atoms with Crippen LogP contribution < -0.4 is 10.5 Å². The monoisotopic (exact) mass is 403 g/mol. The van der Waals surface area contributed by atoms with Crippen molar-refractivity contribution in [3.63, 3.8) is 0 Å². The van der Waals surface area contributed by atoms with Gasteiger partial charge in [-0.25, -0.2) is 13.6 Å². The Morgan fingerprint density at radius 1 is 1.21 bits per heavy atom. The van der Waals surface area contributed by atoms with Crippen LogP contribution in [0.5, 0.6) is 5.75 Å². The maximum Gasteiger partial charge on any atom is 0.437 e. The zero-order chi connectivity index (χ0) is 21.0. The van der Waals surface area contributed by atoms with Crippen LogP contribution in [0.1, 0.15) is 12.5 Å². The average molecular weight is 403 g/mol. The molecule has 0 unspecified atom stereocenters. The van der Waals surface area contributed by atoms with E-state index in [1.165, 1.54) is 48.4 Å². The van der Waals surface area contributed by atoms with E-state index in [0.717, 1.165) is 4.68 Å². The van der Waals surface area contributed by atoms with Gasteiger partial charge in [0.1, 0.15) is 12.4 Å². The number of hydrogen-bond donors (Lipinski definition) is 0. The highest BCUT2D eigenvalue weighted by atomic mass is 19.1. The zero-order valence-electron chi connectivity index (χ0n) is 15.9. The minimum Gasteiger partial charge on any atom is -0.494 e. The smallest absolute Gasteiger partial charge is 0.437 e. The summed E-state index contributed by atoms with van der Waals surface area (Å²) < 4.78 is 37.7. The van der Waals surface area contributed by atoms with Gasteiger partial charge in [0.05, 0.1) is 7.11 Å². The molecule has 0 bridgehead atoms. The van der Waals surface area contributed by atoms with Gasteiger partial charge in [-0.05, 0) is 48.9 Å². The molecule has 1 heterocycles. The number of methoxy groups -OCH3 is 1. The lowest BCUT2D eigenvalue weighted by atomic mass is 10.2. The fourth-order valence-corrected chi connectivity index (χ4v) is 2.75. The third kappa shape index (κ3) is 4.68. The van der Waals surface area contributed by atoms with Crippen molar-refractivity contribution in [2.45, 2.75) is 20.0 Å². The number of benzene rings is 2. The van der Waals surface area contributed by atoms with Gasteiger partial charge in [-0.15, -0.1) is 5.10 Å². The summed E-state index contributed by atoms with van der Waals surface area (Å²) in [5, 5.41) is 4.00. The fourth-order valence-electron chi connectivity index (χ4n) is 2.75. The Morgan fingerprint density at radius 2 is 1.93 bits per heavy atom. The van der Waals surface area contributed by atoms with E-state index in [4.69, 9.17) is 9.15 Å².